The van der Waals surface area contributed by atoms with Crippen LogP contribution in [-0.4, -0.2) is 27.0 Å². The van der Waals surface area contributed by atoms with Gasteiger partial charge in [0.1, 0.15) is 23.9 Å². The average Bonchev–Trinajstić information content (AvgIpc) is 3.46. The number of rotatable bonds is 8. The highest BCUT2D eigenvalue weighted by Gasteiger charge is 2.16. The number of nitrogens with zero attached hydrogens (tertiary/aromatic N) is 4. The van der Waals surface area contributed by atoms with Crippen LogP contribution in [0.25, 0.3) is 10.8 Å². The molecule has 0 aliphatic rings. The monoisotopic (exact) mass is 429 g/mol. The lowest BCUT2D eigenvalue weighted by Gasteiger charge is -2.07. The molecule has 0 saturated carbocycles. The summed E-state index contributed by atoms with van der Waals surface area (Å²) in [6, 6.07) is 11.3. The second-order valence-electron chi connectivity index (χ2n) is 6.02. The van der Waals surface area contributed by atoms with Crippen molar-refractivity contribution in [2.75, 3.05) is 13.0 Å². The maximum Gasteiger partial charge on any atom is 0.236 e. The first-order valence-electron chi connectivity index (χ1n) is 8.73. The number of hydrogen-bond acceptors (Lipinski definition) is 9. The number of thioether (sulfide) groups is 1. The van der Waals surface area contributed by atoms with Crippen LogP contribution in [0.5, 0.6) is 11.5 Å². The minimum absolute atomic E-state index is 0.197. The minimum Gasteiger partial charge on any atom is -0.497 e. The van der Waals surface area contributed by atoms with Gasteiger partial charge in [-0.05, 0) is 30.5 Å². The molecule has 3 aromatic heterocycles. The number of hydrogen-bond donors (Lipinski definition) is 1. The summed E-state index contributed by atoms with van der Waals surface area (Å²) in [6.45, 7) is 2.10. The Morgan fingerprint density at radius 3 is 2.86 bits per heavy atom. The van der Waals surface area contributed by atoms with E-state index in [4.69, 9.17) is 19.7 Å². The molecule has 4 aromatic rings. The van der Waals surface area contributed by atoms with Crippen LogP contribution < -0.4 is 15.3 Å². The van der Waals surface area contributed by atoms with Crippen LogP contribution in [0, 0.1) is 6.92 Å². The molecule has 0 aliphatic heterocycles. The highest BCUT2D eigenvalue weighted by molar-refractivity contribution is 7.98. The molecule has 4 rings (SSSR count). The Bertz CT molecular complexity index is 1090. The van der Waals surface area contributed by atoms with Gasteiger partial charge in [-0.15, -0.1) is 21.5 Å². The first-order chi connectivity index (χ1) is 14.1. The van der Waals surface area contributed by atoms with Crippen molar-refractivity contribution in [3.63, 3.8) is 0 Å². The van der Waals surface area contributed by atoms with E-state index in [1.807, 2.05) is 42.6 Å². The van der Waals surface area contributed by atoms with E-state index in [2.05, 4.69) is 15.2 Å². The van der Waals surface area contributed by atoms with Gasteiger partial charge in [-0.25, -0.2) is 9.66 Å². The van der Waals surface area contributed by atoms with Gasteiger partial charge in [0.15, 0.2) is 5.82 Å². The molecule has 10 heteroatoms. The van der Waals surface area contributed by atoms with E-state index in [-0.39, 0.29) is 6.61 Å². The van der Waals surface area contributed by atoms with E-state index < -0.39 is 0 Å². The molecule has 0 amide bonds. The van der Waals surface area contributed by atoms with Gasteiger partial charge in [0.25, 0.3) is 0 Å². The Kier molecular flexibility index (Phi) is 5.72. The van der Waals surface area contributed by atoms with Crippen LogP contribution in [0.4, 0.5) is 0 Å². The second-order valence-corrected chi connectivity index (χ2v) is 7.91. The van der Waals surface area contributed by atoms with Crippen molar-refractivity contribution in [1.29, 1.82) is 0 Å². The number of nitrogens with two attached hydrogens (primary N) is 1. The summed E-state index contributed by atoms with van der Waals surface area (Å²) < 4.78 is 18.1. The van der Waals surface area contributed by atoms with Crippen molar-refractivity contribution in [3.05, 3.63) is 59.1 Å². The zero-order valence-electron chi connectivity index (χ0n) is 15.9. The highest BCUT2D eigenvalue weighted by atomic mass is 32.2. The molecule has 2 N–H and O–H groups in total. The van der Waals surface area contributed by atoms with Gasteiger partial charge in [0.05, 0.1) is 17.7 Å². The van der Waals surface area contributed by atoms with E-state index in [9.17, 15) is 0 Å². The van der Waals surface area contributed by atoms with E-state index in [1.54, 1.807) is 24.5 Å². The van der Waals surface area contributed by atoms with Crippen LogP contribution in [-0.2, 0) is 12.4 Å². The molecule has 29 heavy (non-hydrogen) atoms. The normalized spacial score (nSPS) is 11.0. The molecule has 0 fully saturated rings. The van der Waals surface area contributed by atoms with Crippen molar-refractivity contribution >= 4 is 23.1 Å². The van der Waals surface area contributed by atoms with Crippen LogP contribution in [0.15, 0.2) is 51.4 Å². The molecule has 150 valence electrons. The summed E-state index contributed by atoms with van der Waals surface area (Å²) in [5, 5.41) is 10.8. The number of oxazole rings is 1. The molecule has 0 aliphatic carbocycles. The van der Waals surface area contributed by atoms with Gasteiger partial charge in [0.2, 0.25) is 11.0 Å². The number of thiophene rings is 1. The maximum absolute atomic E-state index is 6.13. The van der Waals surface area contributed by atoms with Gasteiger partial charge in [-0.1, -0.05) is 23.9 Å². The number of benzene rings is 1. The molecule has 8 nitrogen and oxygen atoms in total. The van der Waals surface area contributed by atoms with Crippen LogP contribution in [0.2, 0.25) is 0 Å². The van der Waals surface area contributed by atoms with Gasteiger partial charge in [-0.3, -0.25) is 0 Å². The van der Waals surface area contributed by atoms with Gasteiger partial charge in [-0.2, -0.15) is 0 Å². The molecule has 3 heterocycles. The number of ether oxygens (including phenoxy) is 2. The summed E-state index contributed by atoms with van der Waals surface area (Å²) in [7, 11) is 1.61. The number of aromatic nitrogens is 4. The molecule has 0 saturated heterocycles. The summed E-state index contributed by atoms with van der Waals surface area (Å²) in [4.78, 5) is 5.59. The summed E-state index contributed by atoms with van der Waals surface area (Å²) in [5.74, 6) is 10.0. The summed E-state index contributed by atoms with van der Waals surface area (Å²) in [6.07, 6.45) is 0. The zero-order valence-corrected chi connectivity index (χ0v) is 17.5. The first-order valence-corrected chi connectivity index (χ1v) is 10.6. The fourth-order valence-electron chi connectivity index (χ4n) is 2.54. The van der Waals surface area contributed by atoms with Crippen molar-refractivity contribution in [3.8, 4) is 22.3 Å². The van der Waals surface area contributed by atoms with Gasteiger partial charge >= 0.3 is 0 Å². The first kappa shape index (κ1) is 19.3. The molecule has 0 radical (unpaired) electrons. The smallest absolute Gasteiger partial charge is 0.236 e. The van der Waals surface area contributed by atoms with Crippen molar-refractivity contribution < 1.29 is 13.9 Å². The third kappa shape index (κ3) is 4.38. The van der Waals surface area contributed by atoms with Crippen LogP contribution in [0.3, 0.4) is 0 Å². The third-order valence-electron chi connectivity index (χ3n) is 4.11. The fourth-order valence-corrected chi connectivity index (χ4v) is 4.07. The maximum atomic E-state index is 6.13. The third-order valence-corrected chi connectivity index (χ3v) is 5.92. The fraction of sp³-hybridized carbons (Fsp3) is 0.211. The molecule has 0 unspecified atom stereocenters. The predicted octanol–water partition coefficient (Wildman–Crippen LogP) is 3.90. The molecular weight excluding hydrogens is 410 g/mol. The summed E-state index contributed by atoms with van der Waals surface area (Å²) >= 11 is 3.04. The Hall–Kier alpha value is -2.98. The Morgan fingerprint density at radius 2 is 2.07 bits per heavy atom. The van der Waals surface area contributed by atoms with E-state index in [0.717, 1.165) is 22.1 Å². The van der Waals surface area contributed by atoms with Crippen molar-refractivity contribution in [2.45, 2.75) is 24.4 Å². The molecule has 0 atom stereocenters. The van der Waals surface area contributed by atoms with E-state index in [1.165, 1.54) is 16.4 Å². The lowest BCUT2D eigenvalue weighted by Crippen LogP contribution is -2.15. The molecular formula is C19H19N5O3S2. The Balaban J connectivity index is 1.39. The average molecular weight is 430 g/mol. The highest BCUT2D eigenvalue weighted by Crippen LogP contribution is 2.29. The summed E-state index contributed by atoms with van der Waals surface area (Å²) in [5.41, 5.74) is 0.857. The lowest BCUT2D eigenvalue weighted by molar-refractivity contribution is 0.289. The molecule has 1 aromatic carbocycles. The van der Waals surface area contributed by atoms with E-state index >= 15 is 0 Å². The molecule has 0 bridgehead atoms. The van der Waals surface area contributed by atoms with Gasteiger partial charge < -0.3 is 19.7 Å². The standard InChI is InChI=1S/C19H19N5O3S2/c1-12-15(21-18(27-12)16-7-4-8-28-16)11-29-19-23-22-17(24(19)20)10-26-14-6-3-5-13(9-14)25-2/h3-9H,10-11,20H2,1-2H3. The van der Waals surface area contributed by atoms with Gasteiger partial charge in [0, 0.05) is 11.8 Å². The second kappa shape index (κ2) is 8.58. The van der Waals surface area contributed by atoms with Crippen molar-refractivity contribution in [1.82, 2.24) is 19.9 Å². The lowest BCUT2D eigenvalue weighted by atomic mass is 10.3. The number of methoxy groups -OCH3 is 1. The predicted molar refractivity (Wildman–Crippen MR) is 112 cm³/mol. The number of nitrogen functional groups attached to an aromatic ring is 1. The molecule has 0 spiro atoms. The Labute approximate surface area is 175 Å². The van der Waals surface area contributed by atoms with Crippen molar-refractivity contribution in [2.24, 2.45) is 0 Å². The minimum atomic E-state index is 0.197. The topological polar surface area (TPSA) is 101 Å². The van der Waals surface area contributed by atoms with Crippen LogP contribution >= 0.6 is 23.1 Å². The number of aryl methyl sites for hydroxylation is 1. The largest absolute Gasteiger partial charge is 0.497 e. The quantitative estimate of drug-likeness (QED) is 0.332. The van der Waals surface area contributed by atoms with E-state index in [0.29, 0.717) is 28.4 Å². The SMILES string of the molecule is COc1cccc(OCc2nnc(SCc3nc(-c4cccs4)oc3C)n2N)c1. The zero-order chi connectivity index (χ0) is 20.2. The van der Waals surface area contributed by atoms with Crippen LogP contribution in [0.1, 0.15) is 17.3 Å². The Morgan fingerprint density at radius 1 is 1.21 bits per heavy atom.